The van der Waals surface area contributed by atoms with Crippen LogP contribution < -0.4 is 14.9 Å². The van der Waals surface area contributed by atoms with Crippen molar-refractivity contribution in [3.05, 3.63) is 83.4 Å². The van der Waals surface area contributed by atoms with Crippen LogP contribution in [0.5, 0.6) is 0 Å². The molecule has 1 heterocycles. The van der Waals surface area contributed by atoms with Gasteiger partial charge in [-0.2, -0.15) is 0 Å². The highest BCUT2D eigenvalue weighted by Crippen LogP contribution is 2.38. The SMILES string of the molecule is COC(=O)c1ccc2c(c1)NC(=O)C2C(=Nc1ccc(N(C)C(=O)CN(C)C)c(NS(C)(=O)=O)c1)c1ccccc1. The van der Waals surface area contributed by atoms with E-state index in [4.69, 9.17) is 9.73 Å². The van der Waals surface area contributed by atoms with Crippen LogP contribution in [0.2, 0.25) is 0 Å². The van der Waals surface area contributed by atoms with Crippen LogP contribution in [0, 0.1) is 0 Å². The van der Waals surface area contributed by atoms with E-state index in [-0.39, 0.29) is 24.0 Å². The Labute approximate surface area is 238 Å². The van der Waals surface area contributed by atoms with Crippen molar-refractivity contribution >= 4 is 56.3 Å². The Kier molecular flexibility index (Phi) is 8.55. The summed E-state index contributed by atoms with van der Waals surface area (Å²) in [6.07, 6.45) is 1.02. The number of rotatable bonds is 9. The molecule has 2 amide bonds. The van der Waals surface area contributed by atoms with Crippen molar-refractivity contribution in [1.29, 1.82) is 0 Å². The number of aliphatic imine (C=N–C) groups is 1. The maximum atomic E-state index is 13.3. The van der Waals surface area contributed by atoms with Crippen LogP contribution in [0.25, 0.3) is 0 Å². The van der Waals surface area contributed by atoms with Crippen molar-refractivity contribution in [3.8, 4) is 0 Å². The number of amides is 2. The number of nitrogens with one attached hydrogen (secondary N) is 2. The van der Waals surface area contributed by atoms with Crippen LogP contribution in [-0.2, 0) is 24.3 Å². The van der Waals surface area contributed by atoms with Crippen LogP contribution >= 0.6 is 0 Å². The number of esters is 1. The zero-order valence-corrected chi connectivity index (χ0v) is 24.2. The van der Waals surface area contributed by atoms with Gasteiger partial charge in [-0.25, -0.2) is 13.2 Å². The Balaban J connectivity index is 1.84. The molecule has 0 fully saturated rings. The zero-order valence-electron chi connectivity index (χ0n) is 23.3. The van der Waals surface area contributed by atoms with Crippen LogP contribution in [-0.4, -0.2) is 77.9 Å². The van der Waals surface area contributed by atoms with E-state index in [1.54, 1.807) is 56.4 Å². The van der Waals surface area contributed by atoms with Crippen LogP contribution in [0.3, 0.4) is 0 Å². The number of benzene rings is 3. The minimum absolute atomic E-state index is 0.126. The smallest absolute Gasteiger partial charge is 0.337 e. The number of carbonyl (C=O) groups excluding carboxylic acids is 3. The lowest BCUT2D eigenvalue weighted by molar-refractivity contribution is -0.119. The Bertz CT molecular complexity index is 1640. The third-order valence-electron chi connectivity index (χ3n) is 6.36. The zero-order chi connectivity index (χ0) is 29.9. The quantitative estimate of drug-likeness (QED) is 0.294. The number of anilines is 3. The molecule has 4 rings (SSSR count). The van der Waals surface area contributed by atoms with E-state index < -0.39 is 21.9 Å². The normalized spacial score (nSPS) is 14.8. The highest BCUT2D eigenvalue weighted by molar-refractivity contribution is 7.92. The highest BCUT2D eigenvalue weighted by atomic mass is 32.2. The summed E-state index contributed by atoms with van der Waals surface area (Å²) in [4.78, 5) is 46.0. The number of hydrogen-bond acceptors (Lipinski definition) is 8. The van der Waals surface area contributed by atoms with Crippen LogP contribution in [0.15, 0.2) is 71.7 Å². The number of fused-ring (bicyclic) bond motifs is 1. The molecule has 41 heavy (non-hydrogen) atoms. The maximum Gasteiger partial charge on any atom is 0.337 e. The fourth-order valence-electron chi connectivity index (χ4n) is 4.50. The molecule has 0 aromatic heterocycles. The van der Waals surface area contributed by atoms with Crippen LogP contribution in [0.1, 0.15) is 27.4 Å². The fraction of sp³-hybridized carbons (Fsp3) is 0.241. The van der Waals surface area contributed by atoms with Crippen molar-refractivity contribution in [3.63, 3.8) is 0 Å². The average Bonchev–Trinajstić information content (AvgIpc) is 3.24. The van der Waals surface area contributed by atoms with Gasteiger partial charge in [0.2, 0.25) is 21.8 Å². The largest absolute Gasteiger partial charge is 0.465 e. The first kappa shape index (κ1) is 29.4. The average molecular weight is 578 g/mol. The summed E-state index contributed by atoms with van der Waals surface area (Å²) in [5.74, 6) is -1.90. The molecule has 0 spiro atoms. The van der Waals surface area contributed by atoms with Gasteiger partial charge in [0.25, 0.3) is 0 Å². The van der Waals surface area contributed by atoms with Gasteiger partial charge in [0, 0.05) is 12.7 Å². The van der Waals surface area contributed by atoms with E-state index in [0.717, 1.165) is 6.26 Å². The van der Waals surface area contributed by atoms with E-state index in [9.17, 15) is 22.8 Å². The number of hydrogen-bond donors (Lipinski definition) is 2. The monoisotopic (exact) mass is 577 g/mol. The molecule has 11 nitrogen and oxygen atoms in total. The van der Waals surface area contributed by atoms with Gasteiger partial charge in [0.05, 0.1) is 48.2 Å². The van der Waals surface area contributed by atoms with E-state index in [1.807, 2.05) is 30.3 Å². The lowest BCUT2D eigenvalue weighted by Gasteiger charge is -2.23. The number of methoxy groups -OCH3 is 1. The van der Waals surface area contributed by atoms with E-state index >= 15 is 0 Å². The highest BCUT2D eigenvalue weighted by Gasteiger charge is 2.36. The number of nitrogens with zero attached hydrogens (tertiary/aromatic N) is 3. The molecular formula is C29H31N5O6S. The van der Waals surface area contributed by atoms with E-state index in [1.165, 1.54) is 18.1 Å². The molecule has 3 aromatic rings. The third kappa shape index (κ3) is 6.79. The van der Waals surface area contributed by atoms with Crippen molar-refractivity contribution in [1.82, 2.24) is 4.90 Å². The van der Waals surface area contributed by atoms with Gasteiger partial charge < -0.3 is 19.9 Å². The number of sulfonamides is 1. The first-order valence-electron chi connectivity index (χ1n) is 12.6. The lowest BCUT2D eigenvalue weighted by Crippen LogP contribution is -2.35. The lowest BCUT2D eigenvalue weighted by atomic mass is 9.90. The molecule has 1 unspecified atom stereocenters. The fourth-order valence-corrected chi connectivity index (χ4v) is 5.06. The molecule has 1 aliphatic heterocycles. The second kappa shape index (κ2) is 11.9. The molecule has 3 aromatic carbocycles. The van der Waals surface area contributed by atoms with Gasteiger partial charge in [-0.1, -0.05) is 36.4 Å². The second-order valence-corrected chi connectivity index (χ2v) is 11.6. The molecule has 1 aliphatic rings. The van der Waals surface area contributed by atoms with Crippen molar-refractivity contribution < 1.29 is 27.5 Å². The van der Waals surface area contributed by atoms with Crippen LogP contribution in [0.4, 0.5) is 22.7 Å². The van der Waals surface area contributed by atoms with Crippen molar-refractivity contribution in [2.75, 3.05) is 56.0 Å². The molecule has 0 radical (unpaired) electrons. The molecule has 0 bridgehead atoms. The second-order valence-electron chi connectivity index (χ2n) is 9.85. The first-order chi connectivity index (χ1) is 19.4. The minimum atomic E-state index is -3.71. The van der Waals surface area contributed by atoms with Gasteiger partial charge in [-0.05, 0) is 55.6 Å². The molecular weight excluding hydrogens is 546 g/mol. The summed E-state index contributed by atoms with van der Waals surface area (Å²) in [6, 6.07) is 18.8. The van der Waals surface area contributed by atoms with Gasteiger partial charge in [0.15, 0.2) is 0 Å². The van der Waals surface area contributed by atoms with Crippen molar-refractivity contribution in [2.45, 2.75) is 5.92 Å². The first-order valence-corrected chi connectivity index (χ1v) is 14.5. The molecule has 0 saturated carbocycles. The number of likely N-dealkylation sites (N-methyl/N-ethyl adjacent to an activating group) is 2. The van der Waals surface area contributed by atoms with Gasteiger partial charge in [-0.15, -0.1) is 0 Å². The summed E-state index contributed by atoms with van der Waals surface area (Å²) >= 11 is 0. The summed E-state index contributed by atoms with van der Waals surface area (Å²) in [5, 5.41) is 2.83. The standard InChI is InChI=1S/C29H31N5O6S/c1-33(2)17-25(35)34(3)24-14-12-20(16-23(24)32-41(5,38)39)30-27(18-9-7-6-8-10-18)26-21-13-11-19(29(37)40-4)15-22(21)31-28(26)36/h6-16,26,32H,17H2,1-5H3,(H,31,36). The van der Waals surface area contributed by atoms with Crippen molar-refractivity contribution in [2.24, 2.45) is 4.99 Å². The summed E-state index contributed by atoms with van der Waals surface area (Å²) in [6.45, 7) is 0.126. The van der Waals surface area contributed by atoms with Gasteiger partial charge in [-0.3, -0.25) is 19.3 Å². The topological polar surface area (TPSA) is 137 Å². The molecule has 0 saturated heterocycles. The van der Waals surface area contributed by atoms with E-state index in [0.29, 0.717) is 39.5 Å². The molecule has 214 valence electrons. The summed E-state index contributed by atoms with van der Waals surface area (Å²) in [5.41, 5.74) is 3.37. The molecule has 12 heteroatoms. The number of carbonyl (C=O) groups is 3. The predicted molar refractivity (Wildman–Crippen MR) is 159 cm³/mol. The molecule has 0 aliphatic carbocycles. The van der Waals surface area contributed by atoms with Gasteiger partial charge in [0.1, 0.15) is 5.92 Å². The van der Waals surface area contributed by atoms with Gasteiger partial charge >= 0.3 is 5.97 Å². The number of ether oxygens (including phenoxy) is 1. The maximum absolute atomic E-state index is 13.3. The Morgan fingerprint density at radius 2 is 1.71 bits per heavy atom. The van der Waals surface area contributed by atoms with E-state index in [2.05, 4.69) is 10.0 Å². The summed E-state index contributed by atoms with van der Waals surface area (Å²) < 4.78 is 31.7. The Morgan fingerprint density at radius 1 is 1.00 bits per heavy atom. The predicted octanol–water partition coefficient (Wildman–Crippen LogP) is 3.23. The molecule has 2 N–H and O–H groups in total. The molecule has 1 atom stereocenters. The summed E-state index contributed by atoms with van der Waals surface area (Å²) in [7, 11) is 2.67. The minimum Gasteiger partial charge on any atom is -0.465 e. The Hall–Kier alpha value is -4.55. The third-order valence-corrected chi connectivity index (χ3v) is 6.95. The Morgan fingerprint density at radius 3 is 2.34 bits per heavy atom.